The molecule has 6 heteroatoms. The number of nitrogens with zero attached hydrogens (tertiary/aromatic N) is 1. The second kappa shape index (κ2) is 7.46. The van der Waals surface area contributed by atoms with E-state index in [-0.39, 0.29) is 0 Å². The highest BCUT2D eigenvalue weighted by Gasteiger charge is 2.26. The maximum atomic E-state index is 12.2. The van der Waals surface area contributed by atoms with Crippen LogP contribution in [0.4, 0.5) is 0 Å². The van der Waals surface area contributed by atoms with Gasteiger partial charge in [0.2, 0.25) is 0 Å². The standard InChI is InChI=1S/C8H16NO2PS2/c1-4-6-7-14-12(10,11-5-2)9(3)8-13/h4,8H,1,5-7H2,2-3H3. The predicted molar refractivity (Wildman–Crippen MR) is 67.9 cm³/mol. The third-order valence-electron chi connectivity index (χ3n) is 1.41. The van der Waals surface area contributed by atoms with E-state index in [9.17, 15) is 4.57 Å². The fraction of sp³-hybridized carbons (Fsp3) is 0.625. The van der Waals surface area contributed by atoms with E-state index in [1.807, 2.05) is 6.92 Å². The largest absolute Gasteiger partial charge is 0.353 e. The molecule has 0 N–H and O–H groups in total. The van der Waals surface area contributed by atoms with Crippen molar-refractivity contribution in [1.82, 2.24) is 4.67 Å². The van der Waals surface area contributed by atoms with Crippen LogP contribution in [0, 0.1) is 0 Å². The molecule has 0 aromatic heterocycles. The lowest BCUT2D eigenvalue weighted by molar-refractivity contribution is 0.325. The summed E-state index contributed by atoms with van der Waals surface area (Å²) < 4.78 is 18.9. The average molecular weight is 253 g/mol. The molecule has 0 saturated carbocycles. The summed E-state index contributed by atoms with van der Waals surface area (Å²) in [5.41, 5.74) is 1.36. The van der Waals surface area contributed by atoms with Gasteiger partial charge in [-0.05, 0) is 24.7 Å². The number of hydrogen-bond donors (Lipinski definition) is 0. The molecular formula is C8H16NO2PS2. The number of allylic oxidation sites excluding steroid dienone is 1. The van der Waals surface area contributed by atoms with Gasteiger partial charge < -0.3 is 4.52 Å². The zero-order valence-electron chi connectivity index (χ0n) is 8.51. The lowest BCUT2D eigenvalue weighted by Crippen LogP contribution is -2.11. The molecule has 3 nitrogen and oxygen atoms in total. The van der Waals surface area contributed by atoms with Crippen molar-refractivity contribution in [3.63, 3.8) is 0 Å². The fourth-order valence-corrected chi connectivity index (χ4v) is 4.86. The second-order valence-corrected chi connectivity index (χ2v) is 7.34. The van der Waals surface area contributed by atoms with Crippen LogP contribution in [0.2, 0.25) is 0 Å². The SMILES string of the molecule is C=CCCSP(=O)(OCC)N(C)C=S. The van der Waals surface area contributed by atoms with Crippen molar-refractivity contribution in [2.24, 2.45) is 0 Å². The first-order valence-electron chi connectivity index (χ1n) is 4.29. The summed E-state index contributed by atoms with van der Waals surface area (Å²) in [4.78, 5) is 0. The first kappa shape index (κ1) is 14.2. The highest BCUT2D eigenvalue weighted by Crippen LogP contribution is 2.61. The van der Waals surface area contributed by atoms with Gasteiger partial charge in [0.1, 0.15) is 0 Å². The molecule has 0 spiro atoms. The van der Waals surface area contributed by atoms with E-state index in [2.05, 4.69) is 6.58 Å². The van der Waals surface area contributed by atoms with Gasteiger partial charge in [-0.2, -0.15) is 0 Å². The summed E-state index contributed by atoms with van der Waals surface area (Å²) in [5.74, 6) is 0.730. The normalized spacial score (nSPS) is 14.4. The van der Waals surface area contributed by atoms with Crippen LogP contribution in [0.5, 0.6) is 0 Å². The van der Waals surface area contributed by atoms with Crippen LogP contribution >= 0.6 is 30.3 Å². The molecule has 0 aliphatic heterocycles. The molecule has 0 aliphatic carbocycles. The second-order valence-electron chi connectivity index (χ2n) is 2.48. The zero-order valence-corrected chi connectivity index (χ0v) is 11.0. The van der Waals surface area contributed by atoms with Gasteiger partial charge >= 0.3 is 6.72 Å². The minimum atomic E-state index is -2.80. The molecule has 82 valence electrons. The highest BCUT2D eigenvalue weighted by molar-refractivity contribution is 8.56. The van der Waals surface area contributed by atoms with Crippen molar-refractivity contribution in [1.29, 1.82) is 0 Å². The molecule has 0 aromatic carbocycles. The molecule has 0 aromatic rings. The van der Waals surface area contributed by atoms with E-state index < -0.39 is 6.72 Å². The van der Waals surface area contributed by atoms with Gasteiger partial charge in [0.05, 0.1) is 12.1 Å². The Bertz CT molecular complexity index is 235. The monoisotopic (exact) mass is 253 g/mol. The van der Waals surface area contributed by atoms with Crippen LogP contribution < -0.4 is 0 Å². The Morgan fingerprint density at radius 1 is 1.71 bits per heavy atom. The van der Waals surface area contributed by atoms with Crippen LogP contribution in [-0.2, 0) is 9.09 Å². The molecular weight excluding hydrogens is 237 g/mol. The molecule has 0 aliphatic rings. The molecule has 0 saturated heterocycles. The zero-order chi connectivity index (χ0) is 11.0. The van der Waals surface area contributed by atoms with Crippen LogP contribution in [0.25, 0.3) is 0 Å². The summed E-state index contributed by atoms with van der Waals surface area (Å²) in [7, 11) is 1.67. The fourth-order valence-electron chi connectivity index (χ4n) is 0.692. The summed E-state index contributed by atoms with van der Waals surface area (Å²) >= 11 is 6.03. The third-order valence-corrected chi connectivity index (χ3v) is 6.71. The number of rotatable bonds is 8. The van der Waals surface area contributed by atoms with Crippen LogP contribution in [0.3, 0.4) is 0 Å². The van der Waals surface area contributed by atoms with Crippen molar-refractivity contribution in [3.8, 4) is 0 Å². The molecule has 0 fully saturated rings. The van der Waals surface area contributed by atoms with Gasteiger partial charge in [-0.25, -0.2) is 0 Å². The molecule has 0 heterocycles. The summed E-state index contributed by atoms with van der Waals surface area (Å²) in [6.07, 6.45) is 2.60. The predicted octanol–water partition coefficient (Wildman–Crippen LogP) is 3.33. The molecule has 1 unspecified atom stereocenters. The number of hydrogen-bond acceptors (Lipinski definition) is 4. The van der Waals surface area contributed by atoms with Gasteiger partial charge in [-0.15, -0.1) is 6.58 Å². The van der Waals surface area contributed by atoms with Gasteiger partial charge in [0, 0.05) is 12.8 Å². The summed E-state index contributed by atoms with van der Waals surface area (Å²) in [6.45, 7) is 3.05. The molecule has 1 atom stereocenters. The summed E-state index contributed by atoms with van der Waals surface area (Å²) in [5, 5.41) is 0. The van der Waals surface area contributed by atoms with Crippen LogP contribution in [0.15, 0.2) is 12.7 Å². The van der Waals surface area contributed by atoms with E-state index in [1.165, 1.54) is 21.5 Å². The van der Waals surface area contributed by atoms with Gasteiger partial charge in [0.15, 0.2) is 0 Å². The summed E-state index contributed by atoms with van der Waals surface area (Å²) in [6, 6.07) is 0. The lowest BCUT2D eigenvalue weighted by Gasteiger charge is -2.23. The lowest BCUT2D eigenvalue weighted by atomic mass is 10.5. The third kappa shape index (κ3) is 4.60. The topological polar surface area (TPSA) is 29.5 Å². The quantitative estimate of drug-likeness (QED) is 0.286. The smallest absolute Gasteiger partial charge is 0.306 e. The maximum absolute atomic E-state index is 12.2. The van der Waals surface area contributed by atoms with E-state index in [4.69, 9.17) is 16.7 Å². The Labute approximate surface area is 95.1 Å². The Kier molecular flexibility index (Phi) is 7.55. The Morgan fingerprint density at radius 2 is 2.36 bits per heavy atom. The van der Waals surface area contributed by atoms with Crippen molar-refractivity contribution in [2.45, 2.75) is 13.3 Å². The van der Waals surface area contributed by atoms with Crippen molar-refractivity contribution in [2.75, 3.05) is 19.4 Å². The van der Waals surface area contributed by atoms with E-state index in [1.54, 1.807) is 13.1 Å². The Balaban J connectivity index is 4.30. The number of thiocarbonyl (C=S) groups is 1. The highest BCUT2D eigenvalue weighted by atomic mass is 32.7. The molecule has 0 radical (unpaired) electrons. The first-order chi connectivity index (χ1) is 6.60. The molecule has 14 heavy (non-hydrogen) atoms. The Morgan fingerprint density at radius 3 is 2.79 bits per heavy atom. The van der Waals surface area contributed by atoms with Gasteiger partial charge in [-0.1, -0.05) is 18.3 Å². The minimum Gasteiger partial charge on any atom is -0.306 e. The maximum Gasteiger partial charge on any atom is 0.353 e. The van der Waals surface area contributed by atoms with Crippen molar-refractivity contribution >= 4 is 35.8 Å². The van der Waals surface area contributed by atoms with Crippen molar-refractivity contribution in [3.05, 3.63) is 12.7 Å². The van der Waals surface area contributed by atoms with E-state index in [0.717, 1.165) is 12.2 Å². The molecule has 0 amide bonds. The van der Waals surface area contributed by atoms with Gasteiger partial charge in [0.25, 0.3) is 0 Å². The van der Waals surface area contributed by atoms with E-state index in [0.29, 0.717) is 6.61 Å². The van der Waals surface area contributed by atoms with Crippen LogP contribution in [0.1, 0.15) is 13.3 Å². The van der Waals surface area contributed by atoms with Crippen molar-refractivity contribution < 1.29 is 9.09 Å². The molecule has 0 bridgehead atoms. The Hall–Kier alpha value is 0.170. The first-order valence-corrected chi connectivity index (χ1v) is 7.93. The minimum absolute atomic E-state index is 0.423. The van der Waals surface area contributed by atoms with Gasteiger partial charge in [-0.3, -0.25) is 9.24 Å². The van der Waals surface area contributed by atoms with E-state index >= 15 is 0 Å². The average Bonchev–Trinajstić information content (AvgIpc) is 2.17. The van der Waals surface area contributed by atoms with Crippen LogP contribution in [-0.4, -0.2) is 29.6 Å². The molecule has 0 rings (SSSR count).